The van der Waals surface area contributed by atoms with Gasteiger partial charge in [-0.3, -0.25) is 9.78 Å². The van der Waals surface area contributed by atoms with Gasteiger partial charge in [0.2, 0.25) is 5.91 Å². The average molecular weight is 338 g/mol. The number of nitrogens with one attached hydrogen (secondary N) is 1. The minimum Gasteiger partial charge on any atom is -0.373 e. The Morgan fingerprint density at radius 3 is 2.88 bits per heavy atom. The SMILES string of the molecule is CNc1nc(C)nc2c1CN(C(=O)CC1CN(c3cccnc3)C1)C2. The maximum Gasteiger partial charge on any atom is 0.223 e. The zero-order valence-electron chi connectivity index (χ0n) is 14.6. The van der Waals surface area contributed by atoms with E-state index >= 15 is 0 Å². The van der Waals surface area contributed by atoms with Gasteiger partial charge >= 0.3 is 0 Å². The molecule has 7 nitrogen and oxygen atoms in total. The van der Waals surface area contributed by atoms with Crippen LogP contribution in [0.4, 0.5) is 11.5 Å². The topological polar surface area (TPSA) is 74.2 Å². The summed E-state index contributed by atoms with van der Waals surface area (Å²) >= 11 is 0. The third-order valence-electron chi connectivity index (χ3n) is 4.92. The van der Waals surface area contributed by atoms with Gasteiger partial charge in [-0.1, -0.05) is 0 Å². The van der Waals surface area contributed by atoms with Crippen molar-refractivity contribution in [1.29, 1.82) is 0 Å². The van der Waals surface area contributed by atoms with Crippen molar-refractivity contribution < 1.29 is 4.79 Å². The first-order chi connectivity index (χ1) is 12.1. The Hall–Kier alpha value is -2.70. The maximum absolute atomic E-state index is 12.7. The molecule has 1 saturated heterocycles. The van der Waals surface area contributed by atoms with E-state index in [1.807, 2.05) is 31.1 Å². The lowest BCUT2D eigenvalue weighted by molar-refractivity contribution is -0.133. The number of carbonyl (C=O) groups excluding carboxylic acids is 1. The van der Waals surface area contributed by atoms with E-state index in [9.17, 15) is 4.79 Å². The number of nitrogens with zero attached hydrogens (tertiary/aromatic N) is 5. The van der Waals surface area contributed by atoms with Crippen molar-refractivity contribution >= 4 is 17.4 Å². The number of aryl methyl sites for hydroxylation is 1. The normalized spacial score (nSPS) is 16.6. The lowest BCUT2D eigenvalue weighted by Crippen LogP contribution is -2.48. The minimum absolute atomic E-state index is 0.202. The van der Waals surface area contributed by atoms with Gasteiger partial charge in [-0.2, -0.15) is 0 Å². The van der Waals surface area contributed by atoms with Gasteiger partial charge in [0.15, 0.2) is 0 Å². The molecule has 1 N–H and O–H groups in total. The third kappa shape index (κ3) is 3.01. The van der Waals surface area contributed by atoms with Crippen molar-refractivity contribution in [2.75, 3.05) is 30.4 Å². The molecule has 2 aromatic heterocycles. The number of amides is 1. The van der Waals surface area contributed by atoms with Crippen molar-refractivity contribution in [2.24, 2.45) is 5.92 Å². The van der Waals surface area contributed by atoms with Crippen LogP contribution in [-0.2, 0) is 17.9 Å². The van der Waals surface area contributed by atoms with Crippen molar-refractivity contribution in [1.82, 2.24) is 19.9 Å². The summed E-state index contributed by atoms with van der Waals surface area (Å²) in [5.41, 5.74) is 3.15. The van der Waals surface area contributed by atoms with Crippen LogP contribution in [0.3, 0.4) is 0 Å². The Kier molecular flexibility index (Phi) is 3.99. The molecule has 0 unspecified atom stereocenters. The number of pyridine rings is 1. The second kappa shape index (κ2) is 6.31. The number of aromatic nitrogens is 3. The van der Waals surface area contributed by atoms with E-state index in [2.05, 4.69) is 31.2 Å². The van der Waals surface area contributed by atoms with Gasteiger partial charge in [0, 0.05) is 44.2 Å². The molecule has 0 bridgehead atoms. The van der Waals surface area contributed by atoms with E-state index in [0.717, 1.165) is 41.7 Å². The first-order valence-electron chi connectivity index (χ1n) is 8.61. The summed E-state index contributed by atoms with van der Waals surface area (Å²) in [5, 5.41) is 3.11. The fourth-order valence-corrected chi connectivity index (χ4v) is 3.59. The smallest absolute Gasteiger partial charge is 0.223 e. The highest BCUT2D eigenvalue weighted by molar-refractivity contribution is 5.78. The molecule has 25 heavy (non-hydrogen) atoms. The number of anilines is 2. The Morgan fingerprint density at radius 1 is 1.32 bits per heavy atom. The first kappa shape index (κ1) is 15.8. The van der Waals surface area contributed by atoms with Gasteiger partial charge in [-0.15, -0.1) is 0 Å². The highest BCUT2D eigenvalue weighted by Crippen LogP contribution is 2.30. The zero-order valence-corrected chi connectivity index (χ0v) is 14.6. The molecule has 4 rings (SSSR count). The van der Waals surface area contributed by atoms with Gasteiger partial charge in [0.05, 0.1) is 30.7 Å². The van der Waals surface area contributed by atoms with Crippen LogP contribution in [0.15, 0.2) is 24.5 Å². The van der Waals surface area contributed by atoms with Crippen molar-refractivity contribution in [3.8, 4) is 0 Å². The van der Waals surface area contributed by atoms with E-state index in [0.29, 0.717) is 25.4 Å². The summed E-state index contributed by atoms with van der Waals surface area (Å²) in [6.07, 6.45) is 4.24. The summed E-state index contributed by atoms with van der Waals surface area (Å²) in [6.45, 7) is 4.90. The largest absolute Gasteiger partial charge is 0.373 e. The van der Waals surface area contributed by atoms with Crippen LogP contribution in [-0.4, -0.2) is 45.9 Å². The zero-order chi connectivity index (χ0) is 17.4. The Labute approximate surface area is 147 Å². The number of rotatable bonds is 4. The Morgan fingerprint density at radius 2 is 2.16 bits per heavy atom. The molecular formula is C18H22N6O. The predicted molar refractivity (Wildman–Crippen MR) is 95.1 cm³/mol. The van der Waals surface area contributed by atoms with Gasteiger partial charge in [0.25, 0.3) is 0 Å². The van der Waals surface area contributed by atoms with E-state index in [1.165, 1.54) is 0 Å². The van der Waals surface area contributed by atoms with E-state index in [-0.39, 0.29) is 5.91 Å². The molecule has 0 aliphatic carbocycles. The summed E-state index contributed by atoms with van der Waals surface area (Å²) in [5.74, 6) is 2.19. The number of hydrogen-bond acceptors (Lipinski definition) is 6. The fraction of sp³-hybridized carbons (Fsp3) is 0.444. The van der Waals surface area contributed by atoms with E-state index in [1.54, 1.807) is 6.20 Å². The van der Waals surface area contributed by atoms with Crippen LogP contribution in [0, 0.1) is 12.8 Å². The molecule has 130 valence electrons. The molecule has 0 atom stereocenters. The summed E-state index contributed by atoms with van der Waals surface area (Å²) in [7, 11) is 1.86. The van der Waals surface area contributed by atoms with Gasteiger partial charge in [-0.05, 0) is 19.1 Å². The molecule has 4 heterocycles. The molecule has 0 aromatic carbocycles. The average Bonchev–Trinajstić information content (AvgIpc) is 3.01. The van der Waals surface area contributed by atoms with Gasteiger partial charge in [-0.25, -0.2) is 9.97 Å². The fourth-order valence-electron chi connectivity index (χ4n) is 3.59. The van der Waals surface area contributed by atoms with E-state index < -0.39 is 0 Å². The Bertz CT molecular complexity index is 788. The molecule has 0 radical (unpaired) electrons. The lowest BCUT2D eigenvalue weighted by atomic mass is 9.95. The van der Waals surface area contributed by atoms with Crippen LogP contribution in [0.1, 0.15) is 23.5 Å². The molecule has 2 aliphatic heterocycles. The summed E-state index contributed by atoms with van der Waals surface area (Å²) in [4.78, 5) is 29.9. The van der Waals surface area contributed by atoms with Crippen LogP contribution in [0.2, 0.25) is 0 Å². The highest BCUT2D eigenvalue weighted by Gasteiger charge is 2.33. The standard InChI is InChI=1S/C18H22N6O/c1-12-21-16-11-24(10-15(16)18(19-2)22-12)17(25)6-13-8-23(9-13)14-4-3-5-20-7-14/h3-5,7,13H,6,8-11H2,1-2H3,(H,19,21,22). The molecule has 1 amide bonds. The van der Waals surface area contributed by atoms with Crippen LogP contribution in [0.25, 0.3) is 0 Å². The molecule has 7 heteroatoms. The monoisotopic (exact) mass is 338 g/mol. The van der Waals surface area contributed by atoms with Crippen molar-refractivity contribution in [3.63, 3.8) is 0 Å². The molecule has 0 spiro atoms. The summed E-state index contributed by atoms with van der Waals surface area (Å²) < 4.78 is 0. The number of hydrogen-bond donors (Lipinski definition) is 1. The lowest BCUT2D eigenvalue weighted by Gasteiger charge is -2.41. The maximum atomic E-state index is 12.7. The van der Waals surface area contributed by atoms with Crippen molar-refractivity contribution in [3.05, 3.63) is 41.6 Å². The second-order valence-corrected chi connectivity index (χ2v) is 6.73. The second-order valence-electron chi connectivity index (χ2n) is 6.73. The van der Waals surface area contributed by atoms with Gasteiger partial charge < -0.3 is 15.1 Å². The third-order valence-corrected chi connectivity index (χ3v) is 4.92. The molecular weight excluding hydrogens is 316 g/mol. The van der Waals surface area contributed by atoms with Crippen LogP contribution < -0.4 is 10.2 Å². The molecule has 2 aliphatic rings. The summed E-state index contributed by atoms with van der Waals surface area (Å²) in [6, 6.07) is 4.00. The van der Waals surface area contributed by atoms with Crippen LogP contribution in [0.5, 0.6) is 0 Å². The van der Waals surface area contributed by atoms with Gasteiger partial charge in [0.1, 0.15) is 11.6 Å². The first-order valence-corrected chi connectivity index (χ1v) is 8.61. The quantitative estimate of drug-likeness (QED) is 0.913. The van der Waals surface area contributed by atoms with Crippen LogP contribution >= 0.6 is 0 Å². The molecule has 1 fully saturated rings. The Balaban J connectivity index is 1.35. The highest BCUT2D eigenvalue weighted by atomic mass is 16.2. The predicted octanol–water partition coefficient (Wildman–Crippen LogP) is 1.59. The van der Waals surface area contributed by atoms with E-state index in [4.69, 9.17) is 0 Å². The molecule has 2 aromatic rings. The minimum atomic E-state index is 0.202. The number of carbonyl (C=O) groups is 1. The number of fused-ring (bicyclic) bond motifs is 1. The van der Waals surface area contributed by atoms with Crippen molar-refractivity contribution in [2.45, 2.75) is 26.4 Å². The molecule has 0 saturated carbocycles.